The van der Waals surface area contributed by atoms with Gasteiger partial charge in [-0.3, -0.25) is 14.1 Å². The molecular formula is C29H32N6O2S. The lowest BCUT2D eigenvalue weighted by Gasteiger charge is -2.56. The van der Waals surface area contributed by atoms with Crippen molar-refractivity contribution >= 4 is 22.2 Å². The van der Waals surface area contributed by atoms with E-state index in [0.717, 1.165) is 79.5 Å². The first-order valence-electron chi connectivity index (χ1n) is 13.5. The summed E-state index contributed by atoms with van der Waals surface area (Å²) in [5, 5.41) is 0. The Labute approximate surface area is 225 Å². The topological polar surface area (TPSA) is 86.6 Å². The molecule has 0 bridgehead atoms. The summed E-state index contributed by atoms with van der Waals surface area (Å²) in [6, 6.07) is 8.99. The van der Waals surface area contributed by atoms with Crippen LogP contribution < -0.4 is 5.69 Å². The zero-order valence-corrected chi connectivity index (χ0v) is 22.7. The van der Waals surface area contributed by atoms with Crippen molar-refractivity contribution in [1.82, 2.24) is 29.2 Å². The van der Waals surface area contributed by atoms with E-state index in [-0.39, 0.29) is 11.6 Å². The number of nitrogens with one attached hydrogen (secondary N) is 1. The number of H-pyrrole nitrogens is 1. The minimum atomic E-state index is -0.298. The average Bonchev–Trinajstić information content (AvgIpc) is 3.54. The maximum atomic E-state index is 13.0. The van der Waals surface area contributed by atoms with Gasteiger partial charge in [0.25, 0.3) is 0 Å². The Balaban J connectivity index is 0.958. The maximum absolute atomic E-state index is 13.0. The largest absolute Gasteiger partial charge is 0.345 e. The smallest absolute Gasteiger partial charge is 0.342 e. The highest BCUT2D eigenvalue weighted by Crippen LogP contribution is 2.48. The van der Waals surface area contributed by atoms with Gasteiger partial charge >= 0.3 is 5.69 Å². The number of aromatic nitrogens is 4. The van der Waals surface area contributed by atoms with Gasteiger partial charge in [0, 0.05) is 60.7 Å². The van der Waals surface area contributed by atoms with Crippen LogP contribution in [0.1, 0.15) is 52.7 Å². The standard InChI is InChI=1S/C29H32N6O2S/c1-18-11-24(32-27(37)30-18)21-3-5-23-20(12-21)4-6-25(23)35-16-29(17-35)7-9-33(10-8-29)26(36)13-22-15-34-14-19(2)38-28(34)31-22/h3,5,11-12,14-15,25H,4,6-10,13,16-17H2,1-2H3,(H,30,32,37). The molecule has 0 saturated carbocycles. The Kier molecular flexibility index (Phi) is 5.56. The fraction of sp³-hybridized carbons (Fsp3) is 0.448. The molecule has 1 aliphatic carbocycles. The molecule has 1 spiro atoms. The molecule has 196 valence electrons. The van der Waals surface area contributed by atoms with E-state index in [0.29, 0.717) is 17.9 Å². The number of amides is 1. The van der Waals surface area contributed by atoms with Crippen molar-refractivity contribution in [3.05, 3.63) is 74.5 Å². The zero-order valence-electron chi connectivity index (χ0n) is 21.9. The summed E-state index contributed by atoms with van der Waals surface area (Å²) < 4.78 is 2.03. The number of piperidine rings is 1. The Morgan fingerprint density at radius 1 is 1.13 bits per heavy atom. The Morgan fingerprint density at radius 3 is 2.71 bits per heavy atom. The molecule has 1 atom stereocenters. The number of imidazole rings is 1. The summed E-state index contributed by atoms with van der Waals surface area (Å²) in [7, 11) is 0. The quantitative estimate of drug-likeness (QED) is 0.434. The van der Waals surface area contributed by atoms with Crippen LogP contribution in [0.3, 0.4) is 0 Å². The van der Waals surface area contributed by atoms with Crippen LogP contribution in [0, 0.1) is 19.3 Å². The maximum Gasteiger partial charge on any atom is 0.345 e. The SMILES string of the molecule is Cc1cc(-c2ccc3c(c2)CCC3N2CC3(CCN(C(=O)Cc4cn5cc(C)sc5n4)CC3)C2)nc(=O)[nH]1. The van der Waals surface area contributed by atoms with Gasteiger partial charge in [-0.25, -0.2) is 9.78 Å². The van der Waals surface area contributed by atoms with Gasteiger partial charge < -0.3 is 9.88 Å². The van der Waals surface area contributed by atoms with Gasteiger partial charge in [-0.2, -0.15) is 4.98 Å². The van der Waals surface area contributed by atoms with Crippen molar-refractivity contribution in [2.24, 2.45) is 5.41 Å². The molecule has 5 heterocycles. The summed E-state index contributed by atoms with van der Waals surface area (Å²) in [5.41, 5.74) is 6.30. The van der Waals surface area contributed by atoms with Gasteiger partial charge in [0.15, 0.2) is 4.96 Å². The van der Waals surface area contributed by atoms with E-state index in [9.17, 15) is 9.59 Å². The van der Waals surface area contributed by atoms with Crippen molar-refractivity contribution in [2.45, 2.75) is 52.0 Å². The van der Waals surface area contributed by atoms with E-state index in [1.807, 2.05) is 28.5 Å². The van der Waals surface area contributed by atoms with Gasteiger partial charge in [-0.15, -0.1) is 11.3 Å². The second-order valence-electron chi connectivity index (χ2n) is 11.4. The summed E-state index contributed by atoms with van der Waals surface area (Å²) in [6.07, 6.45) is 8.82. The number of benzene rings is 1. The lowest BCUT2D eigenvalue weighted by molar-refractivity contribution is -0.136. The third-order valence-electron chi connectivity index (χ3n) is 8.71. The number of carbonyl (C=O) groups excluding carboxylic acids is 1. The van der Waals surface area contributed by atoms with Crippen LogP contribution in [0.2, 0.25) is 0 Å². The van der Waals surface area contributed by atoms with Crippen molar-refractivity contribution in [2.75, 3.05) is 26.2 Å². The zero-order chi connectivity index (χ0) is 26.0. The molecule has 1 N–H and O–H groups in total. The predicted octanol–water partition coefficient (Wildman–Crippen LogP) is 3.92. The van der Waals surface area contributed by atoms with Gasteiger partial charge in [0.2, 0.25) is 5.91 Å². The molecule has 38 heavy (non-hydrogen) atoms. The fourth-order valence-electron chi connectivity index (χ4n) is 6.75. The van der Waals surface area contributed by atoms with E-state index < -0.39 is 0 Å². The average molecular weight is 529 g/mol. The number of thiazole rings is 1. The molecule has 2 fully saturated rings. The number of hydrogen-bond acceptors (Lipinski definition) is 6. The molecule has 2 saturated heterocycles. The summed E-state index contributed by atoms with van der Waals surface area (Å²) in [4.78, 5) is 43.2. The number of aryl methyl sites for hydroxylation is 3. The molecule has 9 heteroatoms. The number of fused-ring (bicyclic) bond motifs is 2. The molecule has 1 amide bonds. The highest BCUT2D eigenvalue weighted by atomic mass is 32.1. The van der Waals surface area contributed by atoms with Crippen LogP contribution in [-0.4, -0.2) is 61.2 Å². The first-order chi connectivity index (χ1) is 18.3. The van der Waals surface area contributed by atoms with Crippen molar-refractivity contribution in [3.8, 4) is 11.3 Å². The third kappa shape index (κ3) is 4.18. The number of aromatic amines is 1. The van der Waals surface area contributed by atoms with Crippen molar-refractivity contribution in [3.63, 3.8) is 0 Å². The monoisotopic (exact) mass is 528 g/mol. The Hall–Kier alpha value is -3.30. The summed E-state index contributed by atoms with van der Waals surface area (Å²) in [6.45, 7) is 7.89. The Morgan fingerprint density at radius 2 is 1.95 bits per heavy atom. The number of rotatable bonds is 4. The summed E-state index contributed by atoms with van der Waals surface area (Å²) >= 11 is 1.66. The first kappa shape index (κ1) is 23.8. The molecule has 1 aromatic carbocycles. The van der Waals surface area contributed by atoms with Crippen LogP contribution in [0.15, 0.2) is 41.5 Å². The number of carbonyl (C=O) groups is 1. The highest BCUT2D eigenvalue weighted by molar-refractivity contribution is 7.16. The van der Waals surface area contributed by atoms with Crippen LogP contribution in [0.5, 0.6) is 0 Å². The molecule has 2 aliphatic heterocycles. The van der Waals surface area contributed by atoms with E-state index in [2.05, 4.69) is 51.2 Å². The first-order valence-corrected chi connectivity index (χ1v) is 14.3. The third-order valence-corrected chi connectivity index (χ3v) is 9.62. The van der Waals surface area contributed by atoms with Gasteiger partial charge in [-0.05, 0) is 68.2 Å². The highest BCUT2D eigenvalue weighted by Gasteiger charge is 2.48. The molecule has 0 radical (unpaired) electrons. The number of nitrogens with zero attached hydrogens (tertiary/aromatic N) is 5. The lowest BCUT2D eigenvalue weighted by atomic mass is 9.71. The van der Waals surface area contributed by atoms with Crippen LogP contribution in [0.25, 0.3) is 16.2 Å². The Bertz CT molecular complexity index is 1570. The molecule has 4 aromatic rings. The van der Waals surface area contributed by atoms with Crippen LogP contribution in [-0.2, 0) is 17.6 Å². The molecule has 1 unspecified atom stereocenters. The van der Waals surface area contributed by atoms with E-state index >= 15 is 0 Å². The van der Waals surface area contributed by atoms with Crippen molar-refractivity contribution in [1.29, 1.82) is 0 Å². The molecule has 7 rings (SSSR count). The normalized spacial score (nSPS) is 20.7. The van der Waals surface area contributed by atoms with Crippen LogP contribution in [0.4, 0.5) is 0 Å². The minimum Gasteiger partial charge on any atom is -0.342 e. The van der Waals surface area contributed by atoms with E-state index in [1.54, 1.807) is 11.3 Å². The second-order valence-corrected chi connectivity index (χ2v) is 12.7. The molecule has 3 aromatic heterocycles. The second kappa shape index (κ2) is 8.88. The predicted molar refractivity (Wildman–Crippen MR) is 147 cm³/mol. The minimum absolute atomic E-state index is 0.198. The van der Waals surface area contributed by atoms with Gasteiger partial charge in [0.1, 0.15) is 0 Å². The van der Waals surface area contributed by atoms with Gasteiger partial charge in [0.05, 0.1) is 17.8 Å². The lowest BCUT2D eigenvalue weighted by Crippen LogP contribution is -2.61. The fourth-order valence-corrected chi connectivity index (χ4v) is 7.58. The number of likely N-dealkylation sites (tertiary alicyclic amines) is 2. The summed E-state index contributed by atoms with van der Waals surface area (Å²) in [5.74, 6) is 0.198. The molecular weight excluding hydrogens is 496 g/mol. The van der Waals surface area contributed by atoms with Gasteiger partial charge in [-0.1, -0.05) is 12.1 Å². The molecule has 8 nitrogen and oxygen atoms in total. The van der Waals surface area contributed by atoms with E-state index in [1.165, 1.54) is 16.0 Å². The van der Waals surface area contributed by atoms with Crippen molar-refractivity contribution < 1.29 is 4.79 Å². The van der Waals surface area contributed by atoms with E-state index in [4.69, 9.17) is 0 Å². The molecule has 3 aliphatic rings. The van der Waals surface area contributed by atoms with Crippen LogP contribution >= 0.6 is 11.3 Å². The number of hydrogen-bond donors (Lipinski definition) is 1.